The maximum absolute atomic E-state index is 11.9. The molecule has 0 atom stereocenters. The van der Waals surface area contributed by atoms with Crippen molar-refractivity contribution in [1.29, 1.82) is 0 Å². The second kappa shape index (κ2) is 5.13. The average Bonchev–Trinajstić information content (AvgIpc) is 2.40. The monoisotopic (exact) mass is 244 g/mol. The van der Waals surface area contributed by atoms with E-state index in [-0.39, 0.29) is 11.6 Å². The zero-order chi connectivity index (χ0) is 13.0. The smallest absolute Gasteiger partial charge is 0.275 e. The first kappa shape index (κ1) is 11.8. The van der Waals surface area contributed by atoms with Gasteiger partial charge >= 0.3 is 0 Å². The Morgan fingerprint density at radius 3 is 2.89 bits per heavy atom. The molecule has 1 amide bonds. The van der Waals surface area contributed by atoms with Crippen molar-refractivity contribution in [3.8, 4) is 5.75 Å². The molecule has 0 saturated heterocycles. The molecule has 0 spiro atoms. The fourth-order valence-electron chi connectivity index (χ4n) is 1.43. The summed E-state index contributed by atoms with van der Waals surface area (Å²) in [6, 6.07) is 4.99. The summed E-state index contributed by atoms with van der Waals surface area (Å²) in [5.74, 6) is 0.161. The van der Waals surface area contributed by atoms with Crippen LogP contribution >= 0.6 is 0 Å². The number of methoxy groups -OCH3 is 1. The molecule has 1 aromatic heterocycles. The molecule has 92 valence electrons. The molecule has 0 unspecified atom stereocenters. The van der Waals surface area contributed by atoms with Gasteiger partial charge in [-0.2, -0.15) is 0 Å². The Morgan fingerprint density at radius 1 is 1.39 bits per heavy atom. The number of rotatable bonds is 3. The van der Waals surface area contributed by atoms with Crippen molar-refractivity contribution in [2.45, 2.75) is 0 Å². The Labute approximate surface area is 104 Å². The van der Waals surface area contributed by atoms with Crippen LogP contribution in [0.4, 0.5) is 11.4 Å². The van der Waals surface area contributed by atoms with E-state index in [0.29, 0.717) is 17.1 Å². The normalized spacial score (nSPS) is 9.83. The number of nitrogens with zero attached hydrogens (tertiary/aromatic N) is 2. The van der Waals surface area contributed by atoms with Gasteiger partial charge in [0.05, 0.1) is 19.0 Å². The van der Waals surface area contributed by atoms with E-state index >= 15 is 0 Å². The number of nitrogens with two attached hydrogens (primary N) is 1. The summed E-state index contributed by atoms with van der Waals surface area (Å²) in [7, 11) is 1.52. The summed E-state index contributed by atoms with van der Waals surface area (Å²) in [5.41, 5.74) is 6.91. The van der Waals surface area contributed by atoms with E-state index < -0.39 is 0 Å². The molecule has 6 heteroatoms. The topological polar surface area (TPSA) is 90.1 Å². The number of carbonyl (C=O) groups excluding carboxylic acids is 1. The van der Waals surface area contributed by atoms with Gasteiger partial charge in [-0.1, -0.05) is 0 Å². The maximum atomic E-state index is 11.9. The van der Waals surface area contributed by atoms with Crippen LogP contribution in [0, 0.1) is 0 Å². The number of anilines is 2. The van der Waals surface area contributed by atoms with Crippen LogP contribution in [-0.4, -0.2) is 23.0 Å². The molecule has 2 rings (SSSR count). The van der Waals surface area contributed by atoms with Crippen LogP contribution in [0.1, 0.15) is 10.5 Å². The Balaban J connectivity index is 2.24. The Hall–Kier alpha value is -2.63. The highest BCUT2D eigenvalue weighted by atomic mass is 16.5. The van der Waals surface area contributed by atoms with Gasteiger partial charge in [-0.15, -0.1) is 0 Å². The number of nitrogens with one attached hydrogen (secondary N) is 1. The first-order chi connectivity index (χ1) is 8.70. The van der Waals surface area contributed by atoms with E-state index in [1.807, 2.05) is 0 Å². The third-order valence-electron chi connectivity index (χ3n) is 2.27. The van der Waals surface area contributed by atoms with Crippen LogP contribution in [0.3, 0.4) is 0 Å². The molecular weight excluding hydrogens is 232 g/mol. The van der Waals surface area contributed by atoms with Crippen LogP contribution in [-0.2, 0) is 0 Å². The number of carbonyl (C=O) groups is 1. The highest BCUT2D eigenvalue weighted by Crippen LogP contribution is 2.26. The van der Waals surface area contributed by atoms with Crippen molar-refractivity contribution < 1.29 is 9.53 Å². The SMILES string of the molecule is COc1ccc(N)cc1NC(=O)c1cnccn1. The number of hydrogen-bond acceptors (Lipinski definition) is 5. The largest absolute Gasteiger partial charge is 0.495 e. The van der Waals surface area contributed by atoms with Gasteiger partial charge in [0.15, 0.2) is 0 Å². The van der Waals surface area contributed by atoms with Crippen molar-refractivity contribution in [2.75, 3.05) is 18.2 Å². The van der Waals surface area contributed by atoms with Gasteiger partial charge in [-0.25, -0.2) is 4.98 Å². The minimum absolute atomic E-state index is 0.224. The lowest BCUT2D eigenvalue weighted by atomic mass is 10.2. The molecule has 18 heavy (non-hydrogen) atoms. The first-order valence-corrected chi connectivity index (χ1v) is 5.21. The first-order valence-electron chi connectivity index (χ1n) is 5.21. The number of benzene rings is 1. The molecule has 0 aliphatic rings. The summed E-state index contributed by atoms with van der Waals surface area (Å²) in [5, 5.41) is 2.67. The summed E-state index contributed by atoms with van der Waals surface area (Å²) < 4.78 is 5.13. The van der Waals surface area contributed by atoms with Gasteiger partial charge in [0.1, 0.15) is 11.4 Å². The third kappa shape index (κ3) is 2.54. The molecule has 0 bridgehead atoms. The number of nitrogen functional groups attached to an aromatic ring is 1. The molecule has 0 aliphatic heterocycles. The van der Waals surface area contributed by atoms with Gasteiger partial charge < -0.3 is 15.8 Å². The molecular formula is C12H12N4O2. The van der Waals surface area contributed by atoms with Crippen LogP contribution < -0.4 is 15.8 Å². The lowest BCUT2D eigenvalue weighted by molar-refractivity contribution is 0.102. The van der Waals surface area contributed by atoms with Gasteiger partial charge in [-0.05, 0) is 18.2 Å². The molecule has 0 fully saturated rings. The number of aromatic nitrogens is 2. The molecule has 6 nitrogen and oxygen atoms in total. The summed E-state index contributed by atoms with van der Waals surface area (Å²) in [6.45, 7) is 0. The van der Waals surface area contributed by atoms with Crippen molar-refractivity contribution in [2.24, 2.45) is 0 Å². The molecule has 1 heterocycles. The van der Waals surface area contributed by atoms with E-state index in [0.717, 1.165) is 0 Å². The van der Waals surface area contributed by atoms with Gasteiger partial charge in [0.25, 0.3) is 5.91 Å². The van der Waals surface area contributed by atoms with Crippen LogP contribution in [0.15, 0.2) is 36.8 Å². The number of amides is 1. The average molecular weight is 244 g/mol. The summed E-state index contributed by atoms with van der Waals surface area (Å²) in [4.78, 5) is 19.6. The maximum Gasteiger partial charge on any atom is 0.275 e. The summed E-state index contributed by atoms with van der Waals surface area (Å²) >= 11 is 0. The molecule has 0 saturated carbocycles. The highest BCUT2D eigenvalue weighted by molar-refractivity contribution is 6.03. The predicted octanol–water partition coefficient (Wildman–Crippen LogP) is 1.32. The molecule has 1 aromatic carbocycles. The van der Waals surface area contributed by atoms with E-state index in [1.165, 1.54) is 25.7 Å². The minimum Gasteiger partial charge on any atom is -0.495 e. The second-order valence-corrected chi connectivity index (χ2v) is 3.50. The van der Waals surface area contributed by atoms with E-state index in [9.17, 15) is 4.79 Å². The molecule has 2 aromatic rings. The quantitative estimate of drug-likeness (QED) is 0.795. The highest BCUT2D eigenvalue weighted by Gasteiger charge is 2.11. The Morgan fingerprint density at radius 2 is 2.22 bits per heavy atom. The fourth-order valence-corrected chi connectivity index (χ4v) is 1.43. The predicted molar refractivity (Wildman–Crippen MR) is 67.4 cm³/mol. The number of ether oxygens (including phenoxy) is 1. The van der Waals surface area contributed by atoms with E-state index in [4.69, 9.17) is 10.5 Å². The molecule has 0 radical (unpaired) electrons. The Bertz CT molecular complexity index is 557. The van der Waals surface area contributed by atoms with Gasteiger partial charge in [0, 0.05) is 18.1 Å². The van der Waals surface area contributed by atoms with E-state index in [2.05, 4.69) is 15.3 Å². The number of hydrogen-bond donors (Lipinski definition) is 2. The lowest BCUT2D eigenvalue weighted by Gasteiger charge is -2.10. The second-order valence-electron chi connectivity index (χ2n) is 3.50. The van der Waals surface area contributed by atoms with Crippen molar-refractivity contribution in [3.63, 3.8) is 0 Å². The van der Waals surface area contributed by atoms with Crippen molar-refractivity contribution in [1.82, 2.24) is 9.97 Å². The zero-order valence-electron chi connectivity index (χ0n) is 9.75. The zero-order valence-corrected chi connectivity index (χ0v) is 9.75. The Kier molecular flexibility index (Phi) is 3.38. The fraction of sp³-hybridized carbons (Fsp3) is 0.0833. The van der Waals surface area contributed by atoms with Crippen LogP contribution in [0.2, 0.25) is 0 Å². The van der Waals surface area contributed by atoms with Crippen LogP contribution in [0.25, 0.3) is 0 Å². The van der Waals surface area contributed by atoms with Crippen LogP contribution in [0.5, 0.6) is 5.75 Å². The van der Waals surface area contributed by atoms with E-state index in [1.54, 1.807) is 18.2 Å². The molecule has 3 N–H and O–H groups in total. The minimum atomic E-state index is -0.369. The van der Waals surface area contributed by atoms with Crippen molar-refractivity contribution in [3.05, 3.63) is 42.5 Å². The van der Waals surface area contributed by atoms with Gasteiger partial charge in [-0.3, -0.25) is 9.78 Å². The summed E-state index contributed by atoms with van der Waals surface area (Å²) in [6.07, 6.45) is 4.33. The van der Waals surface area contributed by atoms with Crippen molar-refractivity contribution >= 4 is 17.3 Å². The standard InChI is InChI=1S/C12H12N4O2/c1-18-11-3-2-8(13)6-9(11)16-12(17)10-7-14-4-5-15-10/h2-7H,13H2,1H3,(H,16,17). The van der Waals surface area contributed by atoms with Gasteiger partial charge in [0.2, 0.25) is 0 Å². The lowest BCUT2D eigenvalue weighted by Crippen LogP contribution is -2.14. The molecule has 0 aliphatic carbocycles. The third-order valence-corrected chi connectivity index (χ3v) is 2.27.